The smallest absolute Gasteiger partial charge is 0.355 e. The number of nitrogens with zero attached hydrogens (tertiary/aromatic N) is 1. The van der Waals surface area contributed by atoms with Crippen molar-refractivity contribution in [3.8, 4) is 0 Å². The number of carboxylic acid groups (broad SMARTS) is 1. The van der Waals surface area contributed by atoms with Crippen molar-refractivity contribution in [3.05, 3.63) is 101 Å². The highest BCUT2D eigenvalue weighted by molar-refractivity contribution is 6.09. The zero-order valence-electron chi connectivity index (χ0n) is 15.1. The Labute approximate surface area is 164 Å². The predicted octanol–water partition coefficient (Wildman–Crippen LogP) is 3.82. The number of carboxylic acids is 1. The first-order valence-corrected chi connectivity index (χ1v) is 8.72. The molecule has 0 aliphatic heterocycles. The highest BCUT2D eigenvalue weighted by atomic mass is 16.5. The number of aromatic nitrogens is 1. The summed E-state index contributed by atoms with van der Waals surface area (Å²) < 4.78 is 11.8. The Morgan fingerprint density at radius 3 is 2.48 bits per heavy atom. The molecule has 29 heavy (non-hydrogen) atoms. The van der Waals surface area contributed by atoms with Crippen molar-refractivity contribution in [1.82, 2.24) is 4.40 Å². The van der Waals surface area contributed by atoms with Gasteiger partial charge >= 0.3 is 11.9 Å². The molecule has 0 fully saturated rings. The molecule has 7 nitrogen and oxygen atoms in total. The van der Waals surface area contributed by atoms with E-state index < -0.39 is 11.9 Å². The van der Waals surface area contributed by atoms with E-state index in [1.54, 1.807) is 6.07 Å². The van der Waals surface area contributed by atoms with Gasteiger partial charge in [-0.3, -0.25) is 4.79 Å². The molecule has 0 radical (unpaired) electrons. The minimum Gasteiger partial charge on any atom is -0.478 e. The number of hydrogen-bond acceptors (Lipinski definition) is 5. The number of carbonyl (C=O) groups is 3. The van der Waals surface area contributed by atoms with E-state index in [0.717, 1.165) is 5.56 Å². The molecule has 7 heteroatoms. The molecule has 4 aromatic rings. The second-order valence-electron chi connectivity index (χ2n) is 6.29. The van der Waals surface area contributed by atoms with Gasteiger partial charge in [0.05, 0.1) is 17.3 Å². The summed E-state index contributed by atoms with van der Waals surface area (Å²) in [6, 6.07) is 16.4. The normalized spacial score (nSPS) is 10.8. The molecule has 0 saturated carbocycles. The Balaban J connectivity index is 1.69. The van der Waals surface area contributed by atoms with Crippen LogP contribution in [0.4, 0.5) is 0 Å². The molecule has 0 bridgehead atoms. The predicted molar refractivity (Wildman–Crippen MR) is 102 cm³/mol. The summed E-state index contributed by atoms with van der Waals surface area (Å²) in [5.74, 6) is -2.13. The maximum absolute atomic E-state index is 12.6. The van der Waals surface area contributed by atoms with Crippen LogP contribution in [0.2, 0.25) is 0 Å². The van der Waals surface area contributed by atoms with Gasteiger partial charge in [0.2, 0.25) is 5.78 Å². The van der Waals surface area contributed by atoms with Gasteiger partial charge in [0.25, 0.3) is 0 Å². The first-order valence-electron chi connectivity index (χ1n) is 8.72. The van der Waals surface area contributed by atoms with Crippen LogP contribution in [0.1, 0.15) is 42.5 Å². The number of hydrogen-bond donors (Lipinski definition) is 1. The maximum atomic E-state index is 12.6. The fraction of sp³-hybridized carbons (Fsp3) is 0.0455. The van der Waals surface area contributed by atoms with Gasteiger partial charge in [-0.1, -0.05) is 30.3 Å². The molecule has 1 aromatic carbocycles. The van der Waals surface area contributed by atoms with Gasteiger partial charge in [-0.15, -0.1) is 0 Å². The Kier molecular flexibility index (Phi) is 4.70. The van der Waals surface area contributed by atoms with E-state index in [0.29, 0.717) is 0 Å². The first-order chi connectivity index (χ1) is 14.0. The molecule has 0 atom stereocenters. The van der Waals surface area contributed by atoms with E-state index in [1.807, 2.05) is 30.3 Å². The van der Waals surface area contributed by atoms with E-state index in [4.69, 9.17) is 9.15 Å². The van der Waals surface area contributed by atoms with Crippen LogP contribution in [0.5, 0.6) is 0 Å². The first kappa shape index (κ1) is 18.2. The third kappa shape index (κ3) is 3.53. The van der Waals surface area contributed by atoms with Crippen LogP contribution < -0.4 is 0 Å². The minimum atomic E-state index is -1.22. The Morgan fingerprint density at radius 1 is 1.00 bits per heavy atom. The van der Waals surface area contributed by atoms with Crippen molar-refractivity contribution in [2.75, 3.05) is 0 Å². The lowest BCUT2D eigenvalue weighted by Crippen LogP contribution is -2.09. The van der Waals surface area contributed by atoms with Crippen LogP contribution in [0.25, 0.3) is 5.52 Å². The summed E-state index contributed by atoms with van der Waals surface area (Å²) in [5.41, 5.74) is 1.22. The molecule has 0 saturated heterocycles. The molecule has 144 valence electrons. The molecule has 0 aliphatic carbocycles. The summed E-state index contributed by atoms with van der Waals surface area (Å²) in [4.78, 5) is 36.7. The lowest BCUT2D eigenvalue weighted by atomic mass is 10.1. The number of ketones is 1. The summed E-state index contributed by atoms with van der Waals surface area (Å²) in [6.07, 6.45) is 2.85. The number of ether oxygens (including phenoxy) is 1. The molecule has 3 aromatic heterocycles. The van der Waals surface area contributed by atoms with Gasteiger partial charge in [-0.2, -0.15) is 0 Å². The molecule has 0 amide bonds. The number of pyridine rings is 1. The quantitative estimate of drug-likeness (QED) is 0.398. The Hall–Kier alpha value is -4.13. The van der Waals surface area contributed by atoms with Crippen molar-refractivity contribution in [2.45, 2.75) is 6.61 Å². The van der Waals surface area contributed by atoms with Crippen LogP contribution in [-0.4, -0.2) is 27.2 Å². The molecule has 4 rings (SSSR count). The fourth-order valence-corrected chi connectivity index (χ4v) is 3.01. The fourth-order valence-electron chi connectivity index (χ4n) is 3.01. The third-order valence-electron chi connectivity index (χ3n) is 4.43. The van der Waals surface area contributed by atoms with Crippen LogP contribution in [-0.2, 0) is 11.3 Å². The summed E-state index contributed by atoms with van der Waals surface area (Å²) >= 11 is 0. The molecule has 0 unspecified atom stereocenters. The maximum Gasteiger partial charge on any atom is 0.355 e. The van der Waals surface area contributed by atoms with E-state index in [2.05, 4.69) is 0 Å². The van der Waals surface area contributed by atoms with Crippen molar-refractivity contribution in [1.29, 1.82) is 0 Å². The van der Waals surface area contributed by atoms with Gasteiger partial charge in [0, 0.05) is 11.8 Å². The Morgan fingerprint density at radius 2 is 1.79 bits per heavy atom. The van der Waals surface area contributed by atoms with E-state index in [-0.39, 0.29) is 40.5 Å². The summed E-state index contributed by atoms with van der Waals surface area (Å²) in [7, 11) is 0. The van der Waals surface area contributed by atoms with Crippen LogP contribution in [0.15, 0.2) is 77.5 Å². The number of aromatic carboxylic acids is 1. The summed E-state index contributed by atoms with van der Waals surface area (Å²) in [6.45, 7) is 0.0599. The van der Waals surface area contributed by atoms with Gasteiger partial charge < -0.3 is 18.7 Å². The standard InChI is InChI=1S/C22H15NO6/c24-20(19-7-4-10-28-19)15-8-9-23-17(11-15)16(21(25)26)12-18(23)22(27)29-13-14-5-2-1-3-6-14/h1-12H,13H2,(H,25,26). The van der Waals surface area contributed by atoms with Crippen molar-refractivity contribution >= 4 is 23.2 Å². The number of rotatable bonds is 6. The average Bonchev–Trinajstić information content (AvgIpc) is 3.40. The zero-order valence-corrected chi connectivity index (χ0v) is 15.1. The largest absolute Gasteiger partial charge is 0.478 e. The van der Waals surface area contributed by atoms with Gasteiger partial charge in [-0.05, 0) is 35.9 Å². The van der Waals surface area contributed by atoms with Crippen molar-refractivity contribution in [3.63, 3.8) is 0 Å². The molecule has 3 heterocycles. The van der Waals surface area contributed by atoms with E-state index >= 15 is 0 Å². The molecule has 1 N–H and O–H groups in total. The number of furan rings is 1. The van der Waals surface area contributed by atoms with Crippen molar-refractivity contribution < 1.29 is 28.6 Å². The topological polar surface area (TPSA) is 98.2 Å². The monoisotopic (exact) mass is 389 g/mol. The van der Waals surface area contributed by atoms with Crippen molar-refractivity contribution in [2.24, 2.45) is 0 Å². The zero-order chi connectivity index (χ0) is 20.4. The highest BCUT2D eigenvalue weighted by Crippen LogP contribution is 2.22. The molecule has 0 spiro atoms. The Bertz CT molecular complexity index is 1210. The molecular formula is C22H15NO6. The van der Waals surface area contributed by atoms with Crippen LogP contribution in [0, 0.1) is 0 Å². The highest BCUT2D eigenvalue weighted by Gasteiger charge is 2.22. The van der Waals surface area contributed by atoms with Gasteiger partial charge in [0.15, 0.2) is 5.76 Å². The minimum absolute atomic E-state index is 0.0599. The number of esters is 1. The number of carbonyl (C=O) groups excluding carboxylic acids is 2. The van der Waals surface area contributed by atoms with Crippen LogP contribution >= 0.6 is 0 Å². The van der Waals surface area contributed by atoms with E-state index in [9.17, 15) is 19.5 Å². The second-order valence-corrected chi connectivity index (χ2v) is 6.29. The van der Waals surface area contributed by atoms with Crippen LogP contribution in [0.3, 0.4) is 0 Å². The van der Waals surface area contributed by atoms with E-state index in [1.165, 1.54) is 41.1 Å². The lowest BCUT2D eigenvalue weighted by molar-refractivity contribution is 0.0464. The number of benzene rings is 1. The average molecular weight is 389 g/mol. The van der Waals surface area contributed by atoms with Gasteiger partial charge in [-0.25, -0.2) is 9.59 Å². The third-order valence-corrected chi connectivity index (χ3v) is 4.43. The molecular weight excluding hydrogens is 374 g/mol. The lowest BCUT2D eigenvalue weighted by Gasteiger charge is -2.06. The molecule has 0 aliphatic rings. The summed E-state index contributed by atoms with van der Waals surface area (Å²) in [5, 5.41) is 9.53. The SMILES string of the molecule is O=C(c1ccn2c(C(=O)OCc3ccccc3)cc(C(=O)O)c2c1)c1ccco1. The second kappa shape index (κ2) is 7.47. The number of fused-ring (bicyclic) bond motifs is 1. The van der Waals surface area contributed by atoms with Gasteiger partial charge in [0.1, 0.15) is 12.3 Å².